The summed E-state index contributed by atoms with van der Waals surface area (Å²) < 4.78 is 46.3. The predicted molar refractivity (Wildman–Crippen MR) is 88.5 cm³/mol. The molecule has 3 rings (SSSR count). The molecule has 3 atom stereocenters. The number of halogens is 3. The van der Waals surface area contributed by atoms with Gasteiger partial charge in [0, 0.05) is 5.71 Å². The minimum absolute atomic E-state index is 0.158. The molecule has 5 nitrogen and oxygen atoms in total. The first-order valence-electron chi connectivity index (χ1n) is 8.52. The number of hydrogen-bond donors (Lipinski definition) is 1. The number of alkyl halides is 3. The number of hydrogen-bond acceptors (Lipinski definition) is 4. The van der Waals surface area contributed by atoms with Gasteiger partial charge in [-0.3, -0.25) is 4.79 Å². The zero-order chi connectivity index (χ0) is 19.1. The molecule has 1 aliphatic carbocycles. The van der Waals surface area contributed by atoms with Gasteiger partial charge in [-0.05, 0) is 36.5 Å². The highest BCUT2D eigenvalue weighted by Gasteiger charge is 2.68. The minimum Gasteiger partial charge on any atom is -0.497 e. The second kappa shape index (κ2) is 6.57. The van der Waals surface area contributed by atoms with Gasteiger partial charge in [0.05, 0.1) is 19.4 Å². The van der Waals surface area contributed by atoms with Crippen molar-refractivity contribution in [1.29, 1.82) is 0 Å². The molecule has 1 aromatic carbocycles. The molecule has 8 heteroatoms. The van der Waals surface area contributed by atoms with Gasteiger partial charge in [-0.1, -0.05) is 25.5 Å². The maximum Gasteiger partial charge on any atom is 0.439 e. The molecule has 1 N–H and O–H groups in total. The molecule has 0 aromatic heterocycles. The molecule has 1 heterocycles. The summed E-state index contributed by atoms with van der Waals surface area (Å²) in [5, 5.41) is 14.8. The van der Waals surface area contributed by atoms with Crippen molar-refractivity contribution in [3.05, 3.63) is 29.8 Å². The van der Waals surface area contributed by atoms with E-state index in [1.165, 1.54) is 7.11 Å². The number of fused-ring (bicyclic) bond motifs is 1. The van der Waals surface area contributed by atoms with E-state index in [2.05, 4.69) is 5.10 Å². The highest BCUT2D eigenvalue weighted by Crippen LogP contribution is 2.49. The van der Waals surface area contributed by atoms with E-state index < -0.39 is 23.7 Å². The lowest BCUT2D eigenvalue weighted by Gasteiger charge is -2.39. The van der Waals surface area contributed by atoms with Gasteiger partial charge < -0.3 is 9.84 Å². The van der Waals surface area contributed by atoms with E-state index in [0.29, 0.717) is 24.2 Å². The number of amides is 1. The lowest BCUT2D eigenvalue weighted by Crippen LogP contribution is -2.62. The quantitative estimate of drug-likeness (QED) is 0.889. The van der Waals surface area contributed by atoms with Crippen molar-refractivity contribution in [2.75, 3.05) is 7.11 Å². The summed E-state index contributed by atoms with van der Waals surface area (Å²) in [5.41, 5.74) is -2.50. The van der Waals surface area contributed by atoms with E-state index in [-0.39, 0.29) is 29.5 Å². The summed E-state index contributed by atoms with van der Waals surface area (Å²) in [6.45, 7) is 1.78. The Morgan fingerprint density at radius 2 is 2.00 bits per heavy atom. The number of carbonyl (C=O) groups is 1. The van der Waals surface area contributed by atoms with Crippen LogP contribution in [0.25, 0.3) is 0 Å². The predicted octanol–water partition coefficient (Wildman–Crippen LogP) is 3.12. The molecule has 2 aliphatic rings. The minimum atomic E-state index is -4.99. The smallest absolute Gasteiger partial charge is 0.439 e. The van der Waals surface area contributed by atoms with Crippen molar-refractivity contribution in [3.63, 3.8) is 0 Å². The van der Waals surface area contributed by atoms with Crippen molar-refractivity contribution in [2.24, 2.45) is 16.9 Å². The van der Waals surface area contributed by atoms with Crippen LogP contribution in [0.2, 0.25) is 0 Å². The van der Waals surface area contributed by atoms with E-state index >= 15 is 0 Å². The molecular formula is C18H21F3N2O3. The Morgan fingerprint density at radius 1 is 1.35 bits per heavy atom. The fourth-order valence-corrected chi connectivity index (χ4v) is 3.74. The molecule has 142 valence electrons. The molecule has 1 saturated carbocycles. The standard InChI is InChI=1S/C18H21F3N2O3/c1-11-4-3-5-14-16(11)22-23(17(14,25)18(19,20)21)15(24)10-12-6-8-13(26-2)9-7-12/h6-9,11,14,25H,3-5,10H2,1-2H3/t11-,14-,17+/m1/s1. The van der Waals surface area contributed by atoms with E-state index in [9.17, 15) is 23.1 Å². The molecule has 1 aliphatic heterocycles. The van der Waals surface area contributed by atoms with Crippen LogP contribution < -0.4 is 4.74 Å². The fraction of sp³-hybridized carbons (Fsp3) is 0.556. The highest BCUT2D eigenvalue weighted by molar-refractivity contribution is 5.95. The SMILES string of the molecule is COc1ccc(CC(=O)N2N=C3[C@H](C)CCC[C@H]3[C@]2(O)C(F)(F)F)cc1. The molecule has 1 amide bonds. The molecule has 1 fully saturated rings. The van der Waals surface area contributed by atoms with Crippen LogP contribution in [0.3, 0.4) is 0 Å². The molecule has 0 spiro atoms. The third-order valence-corrected chi connectivity index (χ3v) is 5.18. The number of methoxy groups -OCH3 is 1. The topological polar surface area (TPSA) is 62.1 Å². The van der Waals surface area contributed by atoms with Gasteiger partial charge >= 0.3 is 6.18 Å². The van der Waals surface area contributed by atoms with Gasteiger partial charge in [-0.2, -0.15) is 23.3 Å². The van der Waals surface area contributed by atoms with Crippen LogP contribution in [0.15, 0.2) is 29.4 Å². The summed E-state index contributed by atoms with van der Waals surface area (Å²) in [6, 6.07) is 6.44. The van der Waals surface area contributed by atoms with E-state index in [1.54, 1.807) is 31.2 Å². The van der Waals surface area contributed by atoms with Crippen LogP contribution >= 0.6 is 0 Å². The van der Waals surface area contributed by atoms with Gasteiger partial charge in [0.1, 0.15) is 5.75 Å². The number of rotatable bonds is 3. The third kappa shape index (κ3) is 2.96. The van der Waals surface area contributed by atoms with Gasteiger partial charge in [-0.25, -0.2) is 0 Å². The van der Waals surface area contributed by atoms with Crippen LogP contribution in [0.5, 0.6) is 5.75 Å². The Morgan fingerprint density at radius 3 is 2.58 bits per heavy atom. The van der Waals surface area contributed by atoms with E-state index in [0.717, 1.165) is 0 Å². The third-order valence-electron chi connectivity index (χ3n) is 5.18. The van der Waals surface area contributed by atoms with Gasteiger partial charge in [-0.15, -0.1) is 0 Å². The molecule has 0 radical (unpaired) electrons. The number of hydrazone groups is 1. The van der Waals surface area contributed by atoms with Crippen LogP contribution in [0, 0.1) is 11.8 Å². The average Bonchev–Trinajstić information content (AvgIpc) is 2.91. The normalized spacial score (nSPS) is 28.5. The Labute approximate surface area is 149 Å². The van der Waals surface area contributed by atoms with Crippen molar-refractivity contribution < 1.29 is 27.8 Å². The first kappa shape index (κ1) is 18.7. The monoisotopic (exact) mass is 370 g/mol. The van der Waals surface area contributed by atoms with E-state index in [4.69, 9.17) is 4.74 Å². The maximum atomic E-state index is 13.8. The van der Waals surface area contributed by atoms with Crippen molar-refractivity contribution >= 4 is 11.6 Å². The van der Waals surface area contributed by atoms with E-state index in [1.807, 2.05) is 0 Å². The average molecular weight is 370 g/mol. The fourth-order valence-electron chi connectivity index (χ4n) is 3.74. The summed E-state index contributed by atoms with van der Waals surface area (Å²) in [6.07, 6.45) is -3.87. The number of aliphatic hydroxyl groups is 1. The lowest BCUT2D eigenvalue weighted by atomic mass is 9.75. The Hall–Kier alpha value is -2.09. The molecule has 26 heavy (non-hydrogen) atoms. The van der Waals surface area contributed by atoms with Gasteiger partial charge in [0.2, 0.25) is 5.91 Å². The van der Waals surface area contributed by atoms with Crippen molar-refractivity contribution in [2.45, 2.75) is 44.5 Å². The highest BCUT2D eigenvalue weighted by atomic mass is 19.4. The first-order valence-corrected chi connectivity index (χ1v) is 8.52. The number of nitrogens with zero attached hydrogens (tertiary/aromatic N) is 2. The lowest BCUT2D eigenvalue weighted by molar-refractivity contribution is -0.317. The Balaban J connectivity index is 1.90. The zero-order valence-electron chi connectivity index (χ0n) is 14.6. The zero-order valence-corrected chi connectivity index (χ0v) is 14.6. The van der Waals surface area contributed by atoms with Crippen LogP contribution in [0.4, 0.5) is 13.2 Å². The Bertz CT molecular complexity index is 717. The van der Waals surface area contributed by atoms with Gasteiger partial charge in [0.15, 0.2) is 0 Å². The Kier molecular flexibility index (Phi) is 4.72. The van der Waals surface area contributed by atoms with Crippen molar-refractivity contribution in [1.82, 2.24) is 5.01 Å². The largest absolute Gasteiger partial charge is 0.497 e. The molecule has 0 bridgehead atoms. The molecular weight excluding hydrogens is 349 g/mol. The molecule has 0 unspecified atom stereocenters. The van der Waals surface area contributed by atoms with Crippen molar-refractivity contribution in [3.8, 4) is 5.75 Å². The van der Waals surface area contributed by atoms with Crippen LogP contribution in [0.1, 0.15) is 31.7 Å². The summed E-state index contributed by atoms with van der Waals surface area (Å²) >= 11 is 0. The van der Waals surface area contributed by atoms with Gasteiger partial charge in [0.25, 0.3) is 5.72 Å². The summed E-state index contributed by atoms with van der Waals surface area (Å²) in [5.74, 6) is -1.70. The first-order chi connectivity index (χ1) is 12.2. The second-order valence-corrected chi connectivity index (χ2v) is 6.86. The number of benzene rings is 1. The van der Waals surface area contributed by atoms with Crippen LogP contribution in [-0.4, -0.2) is 40.7 Å². The second-order valence-electron chi connectivity index (χ2n) is 6.86. The van der Waals surface area contributed by atoms with Crippen LogP contribution in [-0.2, 0) is 11.2 Å². The summed E-state index contributed by atoms with van der Waals surface area (Å²) in [7, 11) is 1.49. The number of ether oxygens (including phenoxy) is 1. The molecule has 1 aromatic rings. The maximum absolute atomic E-state index is 13.8. The molecule has 0 saturated heterocycles. The number of carbonyl (C=O) groups excluding carboxylic acids is 1. The summed E-state index contributed by atoms with van der Waals surface area (Å²) in [4.78, 5) is 12.6.